The van der Waals surface area contributed by atoms with Gasteiger partial charge in [-0.3, -0.25) is 0 Å². The van der Waals surface area contributed by atoms with Gasteiger partial charge in [-0.1, -0.05) is 23.2 Å². The van der Waals surface area contributed by atoms with E-state index in [0.717, 1.165) is 11.4 Å². The lowest BCUT2D eigenvalue weighted by Crippen LogP contribution is -2.09. The Bertz CT molecular complexity index is 581. The minimum atomic E-state index is -0.154. The van der Waals surface area contributed by atoms with Crippen molar-refractivity contribution >= 4 is 23.2 Å². The molecule has 2 rings (SSSR count). The Balaban J connectivity index is 2.17. The van der Waals surface area contributed by atoms with Crippen molar-refractivity contribution < 1.29 is 4.74 Å². The zero-order valence-electron chi connectivity index (χ0n) is 10.7. The van der Waals surface area contributed by atoms with Crippen molar-refractivity contribution in [1.82, 2.24) is 9.55 Å². The van der Waals surface area contributed by atoms with Crippen molar-refractivity contribution in [1.29, 1.82) is 0 Å². The Morgan fingerprint density at radius 2 is 2.16 bits per heavy atom. The highest BCUT2D eigenvalue weighted by Gasteiger charge is 2.11. The van der Waals surface area contributed by atoms with Crippen LogP contribution in [0.2, 0.25) is 10.2 Å². The fourth-order valence-corrected chi connectivity index (χ4v) is 2.03. The molecule has 2 aromatic rings. The molecule has 1 heterocycles. The monoisotopic (exact) mass is 299 g/mol. The summed E-state index contributed by atoms with van der Waals surface area (Å²) < 4.78 is 7.52. The first-order valence-electron chi connectivity index (χ1n) is 5.83. The van der Waals surface area contributed by atoms with Gasteiger partial charge in [0.1, 0.15) is 23.3 Å². The number of hydrogen-bond donors (Lipinski definition) is 1. The van der Waals surface area contributed by atoms with Crippen molar-refractivity contribution in [3.8, 4) is 5.75 Å². The van der Waals surface area contributed by atoms with E-state index in [1.807, 2.05) is 26.1 Å². The van der Waals surface area contributed by atoms with Gasteiger partial charge in [-0.15, -0.1) is 0 Å². The minimum absolute atomic E-state index is 0.154. The van der Waals surface area contributed by atoms with Crippen LogP contribution in [-0.4, -0.2) is 9.55 Å². The molecule has 0 aliphatic heterocycles. The summed E-state index contributed by atoms with van der Waals surface area (Å²) in [7, 11) is 1.84. The van der Waals surface area contributed by atoms with Gasteiger partial charge in [0, 0.05) is 23.7 Å². The lowest BCUT2D eigenvalue weighted by molar-refractivity contribution is 0.287. The van der Waals surface area contributed by atoms with Gasteiger partial charge in [0.25, 0.3) is 0 Å². The van der Waals surface area contributed by atoms with Crippen molar-refractivity contribution in [2.24, 2.45) is 12.8 Å². The van der Waals surface area contributed by atoms with Crippen LogP contribution in [0, 0.1) is 0 Å². The number of nitrogens with zero attached hydrogens (tertiary/aromatic N) is 2. The maximum atomic E-state index is 5.96. The van der Waals surface area contributed by atoms with Gasteiger partial charge in [-0.05, 0) is 25.1 Å². The van der Waals surface area contributed by atoms with Gasteiger partial charge >= 0.3 is 0 Å². The van der Waals surface area contributed by atoms with Crippen molar-refractivity contribution in [3.63, 3.8) is 0 Å². The summed E-state index contributed by atoms with van der Waals surface area (Å²) in [6.45, 7) is 2.21. The summed E-state index contributed by atoms with van der Waals surface area (Å²) in [5.41, 5.74) is 6.77. The molecule has 0 aliphatic rings. The Labute approximate surface area is 122 Å². The fourth-order valence-electron chi connectivity index (χ4n) is 1.71. The largest absolute Gasteiger partial charge is 0.485 e. The molecule has 1 aromatic heterocycles. The van der Waals surface area contributed by atoms with Gasteiger partial charge in [0.2, 0.25) is 0 Å². The molecule has 1 aromatic carbocycles. The highest BCUT2D eigenvalue weighted by Crippen LogP contribution is 2.28. The first kappa shape index (κ1) is 14.2. The maximum Gasteiger partial charge on any atom is 0.147 e. The van der Waals surface area contributed by atoms with Gasteiger partial charge < -0.3 is 15.0 Å². The quantitative estimate of drug-likeness (QED) is 0.942. The molecule has 2 N–H and O–H groups in total. The second-order valence-corrected chi connectivity index (χ2v) is 5.14. The molecule has 0 saturated carbocycles. The van der Waals surface area contributed by atoms with Gasteiger partial charge in [0.15, 0.2) is 0 Å². The molecule has 0 aliphatic carbocycles. The van der Waals surface area contributed by atoms with Crippen LogP contribution in [0.1, 0.15) is 24.4 Å². The van der Waals surface area contributed by atoms with E-state index in [1.54, 1.807) is 16.8 Å². The van der Waals surface area contributed by atoms with E-state index < -0.39 is 0 Å². The average Bonchev–Trinajstić information content (AvgIpc) is 2.68. The average molecular weight is 300 g/mol. The Morgan fingerprint density at radius 1 is 1.42 bits per heavy atom. The Morgan fingerprint density at radius 3 is 2.74 bits per heavy atom. The van der Waals surface area contributed by atoms with Gasteiger partial charge in [-0.2, -0.15) is 0 Å². The van der Waals surface area contributed by atoms with Crippen LogP contribution in [-0.2, 0) is 13.7 Å². The predicted molar refractivity (Wildman–Crippen MR) is 76.6 cm³/mol. The molecule has 4 nitrogen and oxygen atoms in total. The summed E-state index contributed by atoms with van der Waals surface area (Å²) in [5.74, 6) is 1.45. The molecular formula is C13H15Cl2N3O. The fraction of sp³-hybridized carbons (Fsp3) is 0.308. The van der Waals surface area contributed by atoms with E-state index in [1.165, 1.54) is 0 Å². The van der Waals surface area contributed by atoms with Crippen LogP contribution >= 0.6 is 23.2 Å². The van der Waals surface area contributed by atoms with Crippen LogP contribution in [0.5, 0.6) is 5.75 Å². The molecular weight excluding hydrogens is 285 g/mol. The number of hydrogen-bond acceptors (Lipinski definition) is 3. The smallest absolute Gasteiger partial charge is 0.147 e. The van der Waals surface area contributed by atoms with Crippen LogP contribution in [0.3, 0.4) is 0 Å². The summed E-state index contributed by atoms with van der Waals surface area (Å²) >= 11 is 11.9. The van der Waals surface area contributed by atoms with Gasteiger partial charge in [0.05, 0.1) is 6.20 Å². The summed E-state index contributed by atoms with van der Waals surface area (Å²) in [4.78, 5) is 4.17. The molecule has 6 heteroatoms. The molecule has 102 valence electrons. The van der Waals surface area contributed by atoms with E-state index in [9.17, 15) is 0 Å². The summed E-state index contributed by atoms with van der Waals surface area (Å²) in [6.07, 6.45) is 1.59. The molecule has 1 atom stereocenters. The number of rotatable bonds is 4. The first-order valence-corrected chi connectivity index (χ1v) is 6.58. The molecule has 0 radical (unpaired) electrons. The highest BCUT2D eigenvalue weighted by molar-refractivity contribution is 6.30. The predicted octanol–water partition coefficient (Wildman–Crippen LogP) is 3.33. The van der Waals surface area contributed by atoms with Crippen molar-refractivity contribution in [2.45, 2.75) is 19.6 Å². The molecule has 19 heavy (non-hydrogen) atoms. The van der Waals surface area contributed by atoms with E-state index in [4.69, 9.17) is 33.7 Å². The van der Waals surface area contributed by atoms with E-state index in [-0.39, 0.29) is 6.04 Å². The van der Waals surface area contributed by atoms with E-state index >= 15 is 0 Å². The zero-order chi connectivity index (χ0) is 14.0. The normalized spacial score (nSPS) is 12.5. The number of nitrogens with two attached hydrogens (primary N) is 1. The second-order valence-electron chi connectivity index (χ2n) is 4.32. The Hall–Kier alpha value is -1.23. The summed E-state index contributed by atoms with van der Waals surface area (Å²) in [5, 5.41) is 1.21. The highest BCUT2D eigenvalue weighted by atomic mass is 35.5. The van der Waals surface area contributed by atoms with Crippen molar-refractivity contribution in [2.75, 3.05) is 0 Å². The van der Waals surface area contributed by atoms with Crippen LogP contribution in [0.25, 0.3) is 0 Å². The van der Waals surface area contributed by atoms with E-state index in [0.29, 0.717) is 22.5 Å². The second kappa shape index (κ2) is 5.82. The third-order valence-electron chi connectivity index (χ3n) is 2.85. The van der Waals surface area contributed by atoms with Crippen LogP contribution in [0.15, 0.2) is 24.4 Å². The summed E-state index contributed by atoms with van der Waals surface area (Å²) in [6, 6.07) is 5.24. The minimum Gasteiger partial charge on any atom is -0.485 e. The number of benzene rings is 1. The third-order valence-corrected chi connectivity index (χ3v) is 3.43. The van der Waals surface area contributed by atoms with Crippen LogP contribution < -0.4 is 10.5 Å². The number of halogens is 2. The van der Waals surface area contributed by atoms with Gasteiger partial charge in [-0.25, -0.2) is 4.98 Å². The van der Waals surface area contributed by atoms with E-state index in [2.05, 4.69) is 4.98 Å². The third kappa shape index (κ3) is 3.21. The Kier molecular flexibility index (Phi) is 4.34. The van der Waals surface area contributed by atoms with Crippen LogP contribution in [0.4, 0.5) is 0 Å². The molecule has 0 amide bonds. The zero-order valence-corrected chi connectivity index (χ0v) is 12.2. The first-order chi connectivity index (χ1) is 8.99. The molecule has 0 fully saturated rings. The maximum absolute atomic E-state index is 5.96. The molecule has 0 bridgehead atoms. The molecule has 0 unspecified atom stereocenters. The SMILES string of the molecule is C[C@H](N)c1cc(Cl)ccc1OCc1ncc(Cl)n1C. The number of imidazole rings is 1. The molecule has 0 saturated heterocycles. The lowest BCUT2D eigenvalue weighted by atomic mass is 10.1. The number of aromatic nitrogens is 2. The lowest BCUT2D eigenvalue weighted by Gasteiger charge is -2.14. The molecule has 0 spiro atoms. The standard InChI is InChI=1S/C13H15Cl2N3O/c1-8(16)10-5-9(14)3-4-11(10)19-7-13-17-6-12(15)18(13)2/h3-6,8H,7,16H2,1-2H3/t8-/m0/s1. The number of ether oxygens (including phenoxy) is 1. The topological polar surface area (TPSA) is 53.1 Å². The van der Waals surface area contributed by atoms with Crippen molar-refractivity contribution in [3.05, 3.63) is 46.0 Å².